The Labute approximate surface area is 179 Å². The van der Waals surface area contributed by atoms with Gasteiger partial charge in [0.25, 0.3) is 0 Å². The molecule has 6 heteroatoms. The van der Waals surface area contributed by atoms with Crippen LogP contribution in [0.1, 0.15) is 23.1 Å². The average Bonchev–Trinajstić information content (AvgIpc) is 2.69. The Morgan fingerprint density at radius 1 is 1.03 bits per heavy atom. The number of benzene rings is 3. The van der Waals surface area contributed by atoms with Crippen LogP contribution in [0.15, 0.2) is 60.7 Å². The molecule has 2 N–H and O–H groups in total. The highest BCUT2D eigenvalue weighted by Gasteiger charge is 2.12. The minimum absolute atomic E-state index is 0.0803. The van der Waals surface area contributed by atoms with Crippen LogP contribution in [0.4, 0.5) is 15.8 Å². The Balaban J connectivity index is 1.65. The maximum atomic E-state index is 13.2. The Morgan fingerprint density at radius 3 is 2.52 bits per heavy atom. The van der Waals surface area contributed by atoms with Gasteiger partial charge in [-0.3, -0.25) is 4.79 Å². The first kappa shape index (κ1) is 21.2. The van der Waals surface area contributed by atoms with E-state index in [1.165, 1.54) is 12.1 Å². The van der Waals surface area contributed by atoms with Gasteiger partial charge in [-0.2, -0.15) is 0 Å². The van der Waals surface area contributed by atoms with Crippen LogP contribution in [0.3, 0.4) is 0 Å². The van der Waals surface area contributed by atoms with Crippen molar-refractivity contribution in [2.45, 2.75) is 19.8 Å². The highest BCUT2D eigenvalue weighted by atomic mass is 35.5. The number of carbonyl (C=O) groups excluding carboxylic acids is 1. The molecule has 0 aliphatic carbocycles. The van der Waals surface area contributed by atoms with E-state index in [-0.39, 0.29) is 11.7 Å². The molecule has 3 aromatic carbocycles. The summed E-state index contributed by atoms with van der Waals surface area (Å²) in [4.78, 5) is 12.2. The Hall–Kier alpha value is -2.56. The number of amides is 1. The molecule has 3 nitrogen and oxygen atoms in total. The largest absolute Gasteiger partial charge is 0.384 e. The molecule has 0 saturated heterocycles. The minimum atomic E-state index is -0.288. The lowest BCUT2D eigenvalue weighted by Crippen LogP contribution is -2.16. The molecule has 29 heavy (non-hydrogen) atoms. The van der Waals surface area contributed by atoms with Crippen LogP contribution in [0, 0.1) is 12.7 Å². The molecule has 0 bridgehead atoms. The van der Waals surface area contributed by atoms with E-state index in [4.69, 9.17) is 23.2 Å². The van der Waals surface area contributed by atoms with Gasteiger partial charge in [0.15, 0.2) is 0 Å². The number of carbonyl (C=O) groups is 1. The molecule has 0 aliphatic rings. The van der Waals surface area contributed by atoms with Crippen molar-refractivity contribution in [3.63, 3.8) is 0 Å². The summed E-state index contributed by atoms with van der Waals surface area (Å²) in [6, 6.07) is 17.5. The van der Waals surface area contributed by atoms with Gasteiger partial charge in [0.05, 0.1) is 10.0 Å². The third-order valence-electron chi connectivity index (χ3n) is 4.46. The first-order valence-corrected chi connectivity index (χ1v) is 9.99. The lowest BCUT2D eigenvalue weighted by molar-refractivity contribution is -0.115. The lowest BCUT2D eigenvalue weighted by Gasteiger charge is -2.15. The predicted octanol–water partition coefficient (Wildman–Crippen LogP) is 6.47. The minimum Gasteiger partial charge on any atom is -0.384 e. The van der Waals surface area contributed by atoms with E-state index in [1.54, 1.807) is 18.2 Å². The van der Waals surface area contributed by atoms with Crippen LogP contribution in [-0.2, 0) is 11.2 Å². The summed E-state index contributed by atoms with van der Waals surface area (Å²) in [6.07, 6.45) is 0.793. The molecule has 1 amide bonds. The number of aryl methyl sites for hydroxylation is 1. The van der Waals surface area contributed by atoms with Gasteiger partial charge < -0.3 is 10.6 Å². The van der Waals surface area contributed by atoms with Crippen LogP contribution in [0.25, 0.3) is 0 Å². The maximum Gasteiger partial charge on any atom is 0.226 e. The molecule has 0 unspecified atom stereocenters. The van der Waals surface area contributed by atoms with E-state index < -0.39 is 0 Å². The van der Waals surface area contributed by atoms with Crippen molar-refractivity contribution < 1.29 is 9.18 Å². The van der Waals surface area contributed by atoms with Gasteiger partial charge in [-0.15, -0.1) is 0 Å². The van der Waals surface area contributed by atoms with E-state index in [0.29, 0.717) is 29.4 Å². The molecular formula is C23H21Cl2FN2O. The monoisotopic (exact) mass is 430 g/mol. The van der Waals surface area contributed by atoms with Gasteiger partial charge in [-0.25, -0.2) is 4.39 Å². The first-order valence-electron chi connectivity index (χ1n) is 9.24. The summed E-state index contributed by atoms with van der Waals surface area (Å²) in [6.45, 7) is 2.41. The molecule has 3 rings (SSSR count). The fourth-order valence-corrected chi connectivity index (χ4v) is 3.40. The maximum absolute atomic E-state index is 13.2. The molecule has 0 radical (unpaired) electrons. The summed E-state index contributed by atoms with van der Waals surface area (Å²) >= 11 is 12.6. The Bertz CT molecular complexity index is 1010. The lowest BCUT2D eigenvalue weighted by atomic mass is 10.0. The fourth-order valence-electron chi connectivity index (χ4n) is 2.99. The summed E-state index contributed by atoms with van der Waals surface area (Å²) < 4.78 is 13.2. The summed E-state index contributed by atoms with van der Waals surface area (Å²) in [5, 5.41) is 7.05. The zero-order valence-corrected chi connectivity index (χ0v) is 17.4. The summed E-state index contributed by atoms with van der Waals surface area (Å²) in [5.74, 6) is -0.368. The summed E-state index contributed by atoms with van der Waals surface area (Å²) in [7, 11) is 0. The Kier molecular flexibility index (Phi) is 7.13. The van der Waals surface area contributed by atoms with Crippen LogP contribution in [-0.4, -0.2) is 12.5 Å². The number of nitrogens with one attached hydrogen (secondary N) is 2. The van der Waals surface area contributed by atoms with E-state index in [0.717, 1.165) is 28.1 Å². The number of halogens is 3. The second-order valence-electron chi connectivity index (χ2n) is 6.79. The number of rotatable bonds is 7. The first-order chi connectivity index (χ1) is 13.9. The van der Waals surface area contributed by atoms with Crippen molar-refractivity contribution in [2.75, 3.05) is 17.2 Å². The van der Waals surface area contributed by atoms with E-state index in [2.05, 4.69) is 10.6 Å². The van der Waals surface area contributed by atoms with Crippen molar-refractivity contribution in [3.8, 4) is 0 Å². The molecular weight excluding hydrogens is 410 g/mol. The number of hydrogen-bond acceptors (Lipinski definition) is 2. The third-order valence-corrected chi connectivity index (χ3v) is 5.30. The van der Waals surface area contributed by atoms with Gasteiger partial charge in [-0.1, -0.05) is 47.5 Å². The third kappa shape index (κ3) is 5.96. The van der Waals surface area contributed by atoms with Crippen molar-refractivity contribution in [1.29, 1.82) is 0 Å². The van der Waals surface area contributed by atoms with Crippen molar-refractivity contribution in [1.82, 2.24) is 0 Å². The van der Waals surface area contributed by atoms with Crippen molar-refractivity contribution in [2.24, 2.45) is 0 Å². The molecule has 0 aliphatic heterocycles. The fraction of sp³-hybridized carbons (Fsp3) is 0.174. The quantitative estimate of drug-likeness (QED) is 0.450. The second kappa shape index (κ2) is 9.77. The molecule has 0 fully saturated rings. The molecule has 150 valence electrons. The van der Waals surface area contributed by atoms with Gasteiger partial charge in [0.2, 0.25) is 5.91 Å². The standard InChI is InChI=1S/C23H21Cl2FN2O/c1-15-3-2-4-18(13-15)28-22(29)11-12-27-21-10-9-20(24)23(25)19(21)14-16-5-7-17(26)8-6-16/h2-10,13,27H,11-12,14H2,1H3,(H,28,29). The van der Waals surface area contributed by atoms with Gasteiger partial charge in [0, 0.05) is 30.8 Å². The highest BCUT2D eigenvalue weighted by molar-refractivity contribution is 6.42. The van der Waals surface area contributed by atoms with Crippen LogP contribution < -0.4 is 10.6 Å². The SMILES string of the molecule is Cc1cccc(NC(=O)CCNc2ccc(Cl)c(Cl)c2Cc2ccc(F)cc2)c1. The van der Waals surface area contributed by atoms with E-state index in [1.807, 2.05) is 37.3 Å². The van der Waals surface area contributed by atoms with Crippen molar-refractivity contribution in [3.05, 3.63) is 93.2 Å². The summed E-state index contributed by atoms with van der Waals surface area (Å²) in [5.41, 5.74) is 4.39. The van der Waals surface area contributed by atoms with Gasteiger partial charge >= 0.3 is 0 Å². The van der Waals surface area contributed by atoms with Crippen LogP contribution in [0.5, 0.6) is 0 Å². The highest BCUT2D eigenvalue weighted by Crippen LogP contribution is 2.33. The number of hydrogen-bond donors (Lipinski definition) is 2. The smallest absolute Gasteiger partial charge is 0.226 e. The average molecular weight is 431 g/mol. The van der Waals surface area contributed by atoms with Crippen LogP contribution in [0.2, 0.25) is 10.0 Å². The van der Waals surface area contributed by atoms with Gasteiger partial charge in [0.1, 0.15) is 5.82 Å². The van der Waals surface area contributed by atoms with Crippen molar-refractivity contribution >= 4 is 40.5 Å². The topological polar surface area (TPSA) is 41.1 Å². The predicted molar refractivity (Wildman–Crippen MR) is 119 cm³/mol. The van der Waals surface area contributed by atoms with Gasteiger partial charge in [-0.05, 0) is 60.0 Å². The van der Waals surface area contributed by atoms with E-state index in [9.17, 15) is 9.18 Å². The van der Waals surface area contributed by atoms with Crippen LogP contribution >= 0.6 is 23.2 Å². The molecule has 0 spiro atoms. The second-order valence-corrected chi connectivity index (χ2v) is 7.57. The molecule has 0 aromatic heterocycles. The normalized spacial score (nSPS) is 10.6. The number of anilines is 2. The zero-order chi connectivity index (χ0) is 20.8. The molecule has 0 saturated carbocycles. The zero-order valence-electron chi connectivity index (χ0n) is 15.9. The van der Waals surface area contributed by atoms with E-state index >= 15 is 0 Å². The molecule has 3 aromatic rings. The molecule has 0 heterocycles. The Morgan fingerprint density at radius 2 is 1.79 bits per heavy atom. The molecule has 0 atom stereocenters.